The van der Waals surface area contributed by atoms with Crippen molar-refractivity contribution in [3.63, 3.8) is 0 Å². The number of anilines is 2. The Labute approximate surface area is 195 Å². The highest BCUT2D eigenvalue weighted by atomic mass is 16.1. The van der Waals surface area contributed by atoms with Crippen LogP contribution in [0.4, 0.5) is 11.4 Å². The molecule has 0 unspecified atom stereocenters. The lowest BCUT2D eigenvalue weighted by atomic mass is 9.89. The molecule has 1 amide bonds. The second kappa shape index (κ2) is 8.94. The van der Waals surface area contributed by atoms with Gasteiger partial charge in [-0.05, 0) is 94.1 Å². The number of amides is 1. The van der Waals surface area contributed by atoms with Gasteiger partial charge in [-0.2, -0.15) is 0 Å². The van der Waals surface area contributed by atoms with Crippen LogP contribution in [0.15, 0.2) is 53.7 Å². The molecule has 33 heavy (non-hydrogen) atoms. The topological polar surface area (TPSA) is 62.0 Å². The maximum atomic E-state index is 11.8. The Hall–Kier alpha value is -3.25. The molecular weight excluding hydrogens is 410 g/mol. The van der Waals surface area contributed by atoms with Crippen molar-refractivity contribution in [2.75, 3.05) is 18.4 Å². The zero-order chi connectivity index (χ0) is 22.9. The van der Waals surface area contributed by atoms with Crippen molar-refractivity contribution < 1.29 is 4.79 Å². The SMILES string of the molecule is Cc1cnc2c(Nc3ccc(C4CCN(C(C)C)CC4)cc3)ccc(C3=CC=NC(=O)C3)n12. The molecule has 0 atom stereocenters. The lowest BCUT2D eigenvalue weighted by molar-refractivity contribution is -0.116. The number of imidazole rings is 1. The van der Waals surface area contributed by atoms with Crippen LogP contribution in [0.25, 0.3) is 11.2 Å². The number of hydrogen-bond donors (Lipinski definition) is 1. The number of aromatic nitrogens is 2. The van der Waals surface area contributed by atoms with Gasteiger partial charge in [0.25, 0.3) is 0 Å². The Bertz CT molecular complexity index is 1230. The van der Waals surface area contributed by atoms with Gasteiger partial charge in [0, 0.05) is 29.8 Å². The van der Waals surface area contributed by atoms with E-state index >= 15 is 0 Å². The normalized spacial score (nSPS) is 17.7. The standard InChI is InChI=1S/C27H31N5O/c1-18(2)31-14-11-21(12-15-31)20-4-6-23(7-5-20)30-24-8-9-25(22-10-13-28-26(33)16-22)32-19(3)17-29-27(24)32/h4-10,13,17-18,21,30H,11-12,14-16H2,1-3H3. The maximum Gasteiger partial charge on any atom is 0.250 e. The van der Waals surface area contributed by atoms with Gasteiger partial charge < -0.3 is 10.2 Å². The minimum atomic E-state index is -0.115. The molecule has 4 heterocycles. The minimum absolute atomic E-state index is 0.115. The van der Waals surface area contributed by atoms with E-state index in [0.717, 1.165) is 34.0 Å². The number of benzene rings is 1. The van der Waals surface area contributed by atoms with Crippen LogP contribution in [-0.4, -0.2) is 45.5 Å². The number of rotatable bonds is 5. The first-order chi connectivity index (χ1) is 16.0. The van der Waals surface area contributed by atoms with E-state index in [1.165, 1.54) is 31.5 Å². The largest absolute Gasteiger partial charge is 0.352 e. The van der Waals surface area contributed by atoms with Crippen molar-refractivity contribution in [1.82, 2.24) is 14.3 Å². The fourth-order valence-corrected chi connectivity index (χ4v) is 4.99. The molecule has 5 rings (SSSR count). The van der Waals surface area contributed by atoms with Gasteiger partial charge in [-0.15, -0.1) is 0 Å². The summed E-state index contributed by atoms with van der Waals surface area (Å²) in [6, 6.07) is 13.6. The number of dihydropyridines is 1. The molecule has 2 aromatic heterocycles. The molecule has 3 aromatic rings. The Morgan fingerprint density at radius 1 is 1.06 bits per heavy atom. The molecule has 6 nitrogen and oxygen atoms in total. The number of aryl methyl sites for hydroxylation is 1. The van der Waals surface area contributed by atoms with Crippen LogP contribution in [-0.2, 0) is 4.79 Å². The van der Waals surface area contributed by atoms with Gasteiger partial charge in [0.2, 0.25) is 5.91 Å². The lowest BCUT2D eigenvalue weighted by Crippen LogP contribution is -2.37. The van der Waals surface area contributed by atoms with E-state index in [9.17, 15) is 4.79 Å². The van der Waals surface area contributed by atoms with Gasteiger partial charge >= 0.3 is 0 Å². The fourth-order valence-electron chi connectivity index (χ4n) is 4.99. The summed E-state index contributed by atoms with van der Waals surface area (Å²) in [6.45, 7) is 8.96. The van der Waals surface area contributed by atoms with Crippen LogP contribution >= 0.6 is 0 Å². The Kier molecular flexibility index (Phi) is 5.85. The molecule has 1 fully saturated rings. The molecule has 0 aliphatic carbocycles. The monoisotopic (exact) mass is 441 g/mol. The van der Waals surface area contributed by atoms with E-state index in [1.807, 2.05) is 25.3 Å². The maximum absolute atomic E-state index is 11.8. The third-order valence-electron chi connectivity index (χ3n) is 6.91. The molecule has 0 radical (unpaired) electrons. The number of aliphatic imine (C=N–C) groups is 1. The predicted octanol–water partition coefficient (Wildman–Crippen LogP) is 5.36. The van der Waals surface area contributed by atoms with Crippen LogP contribution in [0, 0.1) is 6.92 Å². The summed E-state index contributed by atoms with van der Waals surface area (Å²) in [4.78, 5) is 22.9. The summed E-state index contributed by atoms with van der Waals surface area (Å²) < 4.78 is 2.11. The van der Waals surface area contributed by atoms with Crippen molar-refractivity contribution in [2.45, 2.75) is 52.0 Å². The van der Waals surface area contributed by atoms with E-state index in [1.54, 1.807) is 6.21 Å². The zero-order valence-corrected chi connectivity index (χ0v) is 19.6. The number of hydrogen-bond acceptors (Lipinski definition) is 4. The smallest absolute Gasteiger partial charge is 0.250 e. The van der Waals surface area contributed by atoms with Crippen molar-refractivity contribution in [3.8, 4) is 0 Å². The minimum Gasteiger partial charge on any atom is -0.352 e. The number of allylic oxidation sites excluding steroid dienone is 1. The zero-order valence-electron chi connectivity index (χ0n) is 19.6. The third kappa shape index (κ3) is 4.35. The van der Waals surface area contributed by atoms with E-state index < -0.39 is 0 Å². The van der Waals surface area contributed by atoms with E-state index in [-0.39, 0.29) is 5.91 Å². The Morgan fingerprint density at radius 2 is 1.82 bits per heavy atom. The number of likely N-dealkylation sites (tertiary alicyclic amines) is 1. The summed E-state index contributed by atoms with van der Waals surface area (Å²) in [7, 11) is 0. The summed E-state index contributed by atoms with van der Waals surface area (Å²) in [5, 5.41) is 3.55. The number of carbonyl (C=O) groups excluding carboxylic acids is 1. The van der Waals surface area contributed by atoms with Crippen molar-refractivity contribution in [2.24, 2.45) is 4.99 Å². The summed E-state index contributed by atoms with van der Waals surface area (Å²) >= 11 is 0. The predicted molar refractivity (Wildman–Crippen MR) is 134 cm³/mol. The number of carbonyl (C=O) groups is 1. The van der Waals surface area contributed by atoms with Gasteiger partial charge in [-0.25, -0.2) is 9.98 Å². The molecule has 2 aliphatic rings. The molecule has 2 aliphatic heterocycles. The average Bonchev–Trinajstić information content (AvgIpc) is 3.22. The van der Waals surface area contributed by atoms with Crippen LogP contribution in [0.1, 0.15) is 56.0 Å². The molecule has 1 aromatic carbocycles. The van der Waals surface area contributed by atoms with Crippen molar-refractivity contribution in [3.05, 3.63) is 65.6 Å². The summed E-state index contributed by atoms with van der Waals surface area (Å²) in [6.07, 6.45) is 8.13. The first-order valence-corrected chi connectivity index (χ1v) is 11.8. The molecular formula is C27H31N5O. The molecule has 0 saturated carbocycles. The van der Waals surface area contributed by atoms with Crippen molar-refractivity contribution in [1.29, 1.82) is 0 Å². The highest BCUT2D eigenvalue weighted by Crippen LogP contribution is 2.32. The highest BCUT2D eigenvalue weighted by Gasteiger charge is 2.22. The first-order valence-electron chi connectivity index (χ1n) is 11.8. The average molecular weight is 442 g/mol. The van der Waals surface area contributed by atoms with Gasteiger partial charge in [-0.3, -0.25) is 9.20 Å². The number of nitrogens with zero attached hydrogens (tertiary/aromatic N) is 4. The number of piperidine rings is 1. The van der Waals surface area contributed by atoms with Crippen LogP contribution in [0.3, 0.4) is 0 Å². The van der Waals surface area contributed by atoms with E-state index in [4.69, 9.17) is 0 Å². The number of nitrogens with one attached hydrogen (secondary N) is 1. The van der Waals surface area contributed by atoms with Gasteiger partial charge in [0.05, 0.1) is 17.8 Å². The second-order valence-corrected chi connectivity index (χ2v) is 9.38. The number of fused-ring (bicyclic) bond motifs is 1. The summed E-state index contributed by atoms with van der Waals surface area (Å²) in [5.74, 6) is 0.528. The van der Waals surface area contributed by atoms with Gasteiger partial charge in [0.1, 0.15) is 0 Å². The lowest BCUT2D eigenvalue weighted by Gasteiger charge is -2.34. The molecule has 170 valence electrons. The molecule has 0 bridgehead atoms. The number of pyridine rings is 1. The third-order valence-corrected chi connectivity index (χ3v) is 6.91. The Morgan fingerprint density at radius 3 is 2.52 bits per heavy atom. The van der Waals surface area contributed by atoms with E-state index in [2.05, 4.69) is 68.8 Å². The fraction of sp³-hybridized carbons (Fsp3) is 0.370. The van der Waals surface area contributed by atoms with Crippen molar-refractivity contribution >= 4 is 34.7 Å². The van der Waals surface area contributed by atoms with Crippen LogP contribution < -0.4 is 5.32 Å². The molecule has 0 spiro atoms. The highest BCUT2D eigenvalue weighted by molar-refractivity contribution is 6.03. The second-order valence-electron chi connectivity index (χ2n) is 9.38. The Balaban J connectivity index is 1.36. The van der Waals surface area contributed by atoms with Crippen LogP contribution in [0.5, 0.6) is 0 Å². The molecule has 6 heteroatoms. The van der Waals surface area contributed by atoms with Gasteiger partial charge in [0.15, 0.2) is 5.65 Å². The first kappa shape index (κ1) is 21.6. The van der Waals surface area contributed by atoms with E-state index in [0.29, 0.717) is 18.4 Å². The summed E-state index contributed by atoms with van der Waals surface area (Å²) in [5.41, 5.74) is 7.24. The van der Waals surface area contributed by atoms with Crippen LogP contribution in [0.2, 0.25) is 0 Å². The van der Waals surface area contributed by atoms with Gasteiger partial charge in [-0.1, -0.05) is 12.1 Å². The quantitative estimate of drug-likeness (QED) is 0.579. The molecule has 1 saturated heterocycles. The molecule has 1 N–H and O–H groups in total.